The number of thiazole rings is 1. The minimum absolute atomic E-state index is 0.320. The number of carbonyl (C=O) groups is 1. The van der Waals surface area contributed by atoms with Crippen LogP contribution in [0.5, 0.6) is 0 Å². The maximum absolute atomic E-state index is 11.3. The number of hydrogen-bond acceptors (Lipinski definition) is 5. The van der Waals surface area contributed by atoms with E-state index in [4.69, 9.17) is 0 Å². The minimum atomic E-state index is -0.320. The summed E-state index contributed by atoms with van der Waals surface area (Å²) in [6.07, 6.45) is 1.57. The van der Waals surface area contributed by atoms with Crippen LogP contribution < -0.4 is 0 Å². The number of rotatable bonds is 4. The SMILES string of the molecule is COC(=O)c1cnc(CSc2cccc(C)c2)s1. The molecule has 0 saturated heterocycles. The van der Waals surface area contributed by atoms with Crippen molar-refractivity contribution in [3.8, 4) is 0 Å². The van der Waals surface area contributed by atoms with Gasteiger partial charge < -0.3 is 4.74 Å². The van der Waals surface area contributed by atoms with Crippen LogP contribution in [0.2, 0.25) is 0 Å². The number of esters is 1. The molecule has 2 rings (SSSR count). The Morgan fingerprint density at radius 3 is 3.06 bits per heavy atom. The standard InChI is InChI=1S/C13H13NO2S2/c1-9-4-3-5-10(6-9)17-8-12-14-7-11(18-12)13(15)16-2/h3-7H,8H2,1-2H3. The molecule has 0 unspecified atom stereocenters. The Morgan fingerprint density at radius 2 is 2.33 bits per heavy atom. The Kier molecular flexibility index (Phi) is 4.38. The number of nitrogens with zero attached hydrogens (tertiary/aromatic N) is 1. The van der Waals surface area contributed by atoms with Gasteiger partial charge in [-0.15, -0.1) is 23.1 Å². The van der Waals surface area contributed by atoms with Crippen LogP contribution >= 0.6 is 23.1 Å². The summed E-state index contributed by atoms with van der Waals surface area (Å²) in [6, 6.07) is 8.33. The Bertz CT molecular complexity index is 551. The van der Waals surface area contributed by atoms with Gasteiger partial charge >= 0.3 is 5.97 Å². The van der Waals surface area contributed by atoms with Crippen molar-refractivity contribution in [2.45, 2.75) is 17.6 Å². The zero-order valence-corrected chi connectivity index (χ0v) is 11.8. The van der Waals surface area contributed by atoms with Gasteiger partial charge in [-0.1, -0.05) is 17.7 Å². The zero-order valence-electron chi connectivity index (χ0n) is 10.2. The van der Waals surface area contributed by atoms with Crippen LogP contribution in [-0.4, -0.2) is 18.1 Å². The van der Waals surface area contributed by atoms with E-state index in [2.05, 4.69) is 34.8 Å². The topological polar surface area (TPSA) is 39.2 Å². The second-order valence-corrected chi connectivity index (χ2v) is 5.88. The van der Waals surface area contributed by atoms with E-state index in [1.54, 1.807) is 18.0 Å². The molecular weight excluding hydrogens is 266 g/mol. The van der Waals surface area contributed by atoms with Gasteiger partial charge in [0.2, 0.25) is 0 Å². The van der Waals surface area contributed by atoms with Crippen LogP contribution in [0, 0.1) is 6.92 Å². The first-order valence-electron chi connectivity index (χ1n) is 5.41. The Hall–Kier alpha value is -1.33. The molecule has 18 heavy (non-hydrogen) atoms. The maximum Gasteiger partial charge on any atom is 0.349 e. The van der Waals surface area contributed by atoms with Crippen molar-refractivity contribution in [3.63, 3.8) is 0 Å². The van der Waals surface area contributed by atoms with Crippen molar-refractivity contribution in [1.29, 1.82) is 0 Å². The van der Waals surface area contributed by atoms with Gasteiger partial charge in [0.05, 0.1) is 19.1 Å². The van der Waals surface area contributed by atoms with E-state index in [0.29, 0.717) is 4.88 Å². The average Bonchev–Trinajstić information content (AvgIpc) is 2.84. The molecule has 1 aromatic heterocycles. The molecular formula is C13H13NO2S2. The zero-order chi connectivity index (χ0) is 13.0. The van der Waals surface area contributed by atoms with Crippen molar-refractivity contribution >= 4 is 29.1 Å². The lowest BCUT2D eigenvalue weighted by Crippen LogP contribution is -1.96. The molecule has 0 saturated carbocycles. The number of carbonyl (C=O) groups excluding carboxylic acids is 1. The molecule has 3 nitrogen and oxygen atoms in total. The van der Waals surface area contributed by atoms with E-state index in [9.17, 15) is 4.79 Å². The first-order valence-corrected chi connectivity index (χ1v) is 7.22. The second kappa shape index (κ2) is 6.02. The van der Waals surface area contributed by atoms with Crippen LogP contribution in [0.25, 0.3) is 0 Å². The summed E-state index contributed by atoms with van der Waals surface area (Å²) in [6.45, 7) is 2.07. The van der Waals surface area contributed by atoms with Gasteiger partial charge in [0.25, 0.3) is 0 Å². The fourth-order valence-corrected chi connectivity index (χ4v) is 3.27. The normalized spacial score (nSPS) is 10.3. The first-order chi connectivity index (χ1) is 8.69. The van der Waals surface area contributed by atoms with E-state index in [0.717, 1.165) is 10.8 Å². The molecule has 0 aliphatic carbocycles. The average molecular weight is 279 g/mol. The van der Waals surface area contributed by atoms with Crippen molar-refractivity contribution in [1.82, 2.24) is 4.98 Å². The molecule has 0 amide bonds. The van der Waals surface area contributed by atoms with Crippen LogP contribution in [0.4, 0.5) is 0 Å². The van der Waals surface area contributed by atoms with Gasteiger partial charge in [0, 0.05) is 4.90 Å². The van der Waals surface area contributed by atoms with Gasteiger partial charge in [-0.25, -0.2) is 9.78 Å². The van der Waals surface area contributed by atoms with Crippen LogP contribution in [0.15, 0.2) is 35.4 Å². The van der Waals surface area contributed by atoms with Crippen molar-refractivity contribution in [3.05, 3.63) is 45.9 Å². The number of thioether (sulfide) groups is 1. The van der Waals surface area contributed by atoms with Gasteiger partial charge in [-0.2, -0.15) is 0 Å². The quantitative estimate of drug-likeness (QED) is 0.634. The summed E-state index contributed by atoms with van der Waals surface area (Å²) in [5.74, 6) is 0.449. The molecule has 0 aliphatic rings. The highest BCUT2D eigenvalue weighted by Gasteiger charge is 2.10. The van der Waals surface area contributed by atoms with E-state index < -0.39 is 0 Å². The van der Waals surface area contributed by atoms with E-state index in [-0.39, 0.29) is 5.97 Å². The third-order valence-corrected chi connectivity index (χ3v) is 4.46. The predicted molar refractivity (Wildman–Crippen MR) is 74.2 cm³/mol. The summed E-state index contributed by atoms with van der Waals surface area (Å²) in [4.78, 5) is 17.3. The molecule has 0 spiro atoms. The fraction of sp³-hybridized carbons (Fsp3) is 0.231. The Morgan fingerprint density at radius 1 is 1.50 bits per heavy atom. The molecule has 0 fully saturated rings. The number of aromatic nitrogens is 1. The smallest absolute Gasteiger partial charge is 0.349 e. The fourth-order valence-electron chi connectivity index (χ4n) is 1.42. The summed E-state index contributed by atoms with van der Waals surface area (Å²) in [5, 5.41) is 0.932. The highest BCUT2D eigenvalue weighted by Crippen LogP contribution is 2.25. The van der Waals surface area contributed by atoms with Crippen LogP contribution in [-0.2, 0) is 10.5 Å². The highest BCUT2D eigenvalue weighted by atomic mass is 32.2. The molecule has 0 radical (unpaired) electrons. The Balaban J connectivity index is 1.98. The monoisotopic (exact) mass is 279 g/mol. The summed E-state index contributed by atoms with van der Waals surface area (Å²) in [7, 11) is 1.38. The highest BCUT2D eigenvalue weighted by molar-refractivity contribution is 7.98. The molecule has 2 aromatic rings. The van der Waals surface area contributed by atoms with E-state index >= 15 is 0 Å². The van der Waals surface area contributed by atoms with Crippen LogP contribution in [0.1, 0.15) is 20.2 Å². The van der Waals surface area contributed by atoms with Gasteiger partial charge in [0.15, 0.2) is 0 Å². The molecule has 94 valence electrons. The number of methoxy groups -OCH3 is 1. The third-order valence-electron chi connectivity index (χ3n) is 2.29. The van der Waals surface area contributed by atoms with Gasteiger partial charge in [-0.05, 0) is 19.1 Å². The largest absolute Gasteiger partial charge is 0.465 e. The molecule has 1 aromatic carbocycles. The van der Waals surface area contributed by atoms with E-state index in [1.165, 1.54) is 28.9 Å². The van der Waals surface area contributed by atoms with Crippen molar-refractivity contribution < 1.29 is 9.53 Å². The molecule has 0 bridgehead atoms. The predicted octanol–water partition coefficient (Wildman–Crippen LogP) is 3.53. The number of aryl methyl sites for hydroxylation is 1. The molecule has 0 atom stereocenters. The minimum Gasteiger partial charge on any atom is -0.465 e. The van der Waals surface area contributed by atoms with Crippen molar-refractivity contribution in [2.24, 2.45) is 0 Å². The van der Waals surface area contributed by atoms with Gasteiger partial charge in [0.1, 0.15) is 9.88 Å². The molecule has 0 N–H and O–H groups in total. The summed E-state index contributed by atoms with van der Waals surface area (Å²) >= 11 is 3.10. The summed E-state index contributed by atoms with van der Waals surface area (Å²) < 4.78 is 4.65. The number of hydrogen-bond donors (Lipinski definition) is 0. The molecule has 5 heteroatoms. The lowest BCUT2D eigenvalue weighted by molar-refractivity contribution is 0.0606. The number of ether oxygens (including phenoxy) is 1. The first kappa shape index (κ1) is 13.1. The lowest BCUT2D eigenvalue weighted by atomic mass is 10.2. The van der Waals surface area contributed by atoms with Crippen molar-refractivity contribution in [2.75, 3.05) is 7.11 Å². The van der Waals surface area contributed by atoms with Gasteiger partial charge in [-0.3, -0.25) is 0 Å². The molecule has 0 aliphatic heterocycles. The third kappa shape index (κ3) is 3.34. The Labute approximate surface area is 114 Å². The van der Waals surface area contributed by atoms with E-state index in [1.807, 2.05) is 6.07 Å². The second-order valence-electron chi connectivity index (χ2n) is 3.72. The van der Waals surface area contributed by atoms with Crippen LogP contribution in [0.3, 0.4) is 0 Å². The molecule has 1 heterocycles. The lowest BCUT2D eigenvalue weighted by Gasteiger charge is -2.00. The maximum atomic E-state index is 11.3. The number of benzene rings is 1. The summed E-state index contributed by atoms with van der Waals surface area (Å²) in [5.41, 5.74) is 1.24.